The zero-order valence-electron chi connectivity index (χ0n) is 10.4. The van der Waals surface area contributed by atoms with Gasteiger partial charge in [0.05, 0.1) is 7.11 Å². The maximum absolute atomic E-state index is 12.0. The molecule has 0 bridgehead atoms. The third-order valence-corrected chi connectivity index (χ3v) is 2.22. The highest BCUT2D eigenvalue weighted by molar-refractivity contribution is 5.98. The van der Waals surface area contributed by atoms with E-state index < -0.39 is 6.29 Å². The Labute approximate surface area is 101 Å². The first kappa shape index (κ1) is 13.7. The molecule has 0 aromatic heterocycles. The van der Waals surface area contributed by atoms with Crippen molar-refractivity contribution in [3.63, 3.8) is 0 Å². The van der Waals surface area contributed by atoms with Crippen molar-refractivity contribution in [2.24, 2.45) is 0 Å². The van der Waals surface area contributed by atoms with E-state index in [1.165, 1.54) is 0 Å². The van der Waals surface area contributed by atoms with Crippen molar-refractivity contribution in [3.8, 4) is 5.75 Å². The largest absolute Gasteiger partial charge is 0.497 e. The number of hydrogen-bond donors (Lipinski definition) is 0. The molecule has 0 saturated heterocycles. The van der Waals surface area contributed by atoms with Gasteiger partial charge in [0.15, 0.2) is 0 Å². The van der Waals surface area contributed by atoms with Crippen LogP contribution in [0.15, 0.2) is 24.3 Å². The smallest absolute Gasteiger partial charge is 0.222 e. The molecule has 1 rings (SSSR count). The van der Waals surface area contributed by atoms with Gasteiger partial charge in [-0.2, -0.15) is 0 Å². The number of ether oxygens (including phenoxy) is 3. The average molecular weight is 238 g/mol. The zero-order chi connectivity index (χ0) is 12.7. The first-order chi connectivity index (χ1) is 8.22. The molecule has 0 aliphatic carbocycles. The van der Waals surface area contributed by atoms with E-state index in [9.17, 15) is 4.79 Å². The summed E-state index contributed by atoms with van der Waals surface area (Å²) in [6, 6.07) is 6.88. The molecule has 17 heavy (non-hydrogen) atoms. The second-order valence-corrected chi connectivity index (χ2v) is 3.34. The van der Waals surface area contributed by atoms with Gasteiger partial charge in [-0.3, -0.25) is 4.79 Å². The highest BCUT2D eigenvalue weighted by Crippen LogP contribution is 2.14. The number of carbonyl (C=O) groups excluding carboxylic acids is 1. The summed E-state index contributed by atoms with van der Waals surface area (Å²) in [5.74, 6) is 0.544. The van der Waals surface area contributed by atoms with Gasteiger partial charge in [0.25, 0.3) is 0 Å². The summed E-state index contributed by atoms with van der Waals surface area (Å²) in [7, 11) is 1.58. The SMILES string of the molecule is CCOC(OCC)C(=O)c1ccc(OC)cc1. The third-order valence-electron chi connectivity index (χ3n) is 2.22. The fraction of sp³-hybridized carbons (Fsp3) is 0.462. The number of benzene rings is 1. The number of ketones is 1. The summed E-state index contributed by atoms with van der Waals surface area (Å²) in [6.45, 7) is 4.53. The lowest BCUT2D eigenvalue weighted by Crippen LogP contribution is -2.27. The Morgan fingerprint density at radius 3 is 2.06 bits per heavy atom. The minimum absolute atomic E-state index is 0.170. The van der Waals surface area contributed by atoms with Gasteiger partial charge in [0.1, 0.15) is 5.75 Å². The minimum atomic E-state index is -0.821. The molecule has 4 nitrogen and oxygen atoms in total. The molecular weight excluding hydrogens is 220 g/mol. The van der Waals surface area contributed by atoms with Gasteiger partial charge in [-0.25, -0.2) is 0 Å². The van der Waals surface area contributed by atoms with E-state index in [0.29, 0.717) is 24.5 Å². The molecule has 4 heteroatoms. The van der Waals surface area contributed by atoms with Crippen LogP contribution in [-0.2, 0) is 9.47 Å². The highest BCUT2D eigenvalue weighted by atomic mass is 16.7. The van der Waals surface area contributed by atoms with Gasteiger partial charge in [-0.1, -0.05) is 0 Å². The molecule has 0 atom stereocenters. The number of carbonyl (C=O) groups is 1. The summed E-state index contributed by atoms with van der Waals surface area (Å²) >= 11 is 0. The third kappa shape index (κ3) is 3.84. The van der Waals surface area contributed by atoms with Crippen molar-refractivity contribution in [1.82, 2.24) is 0 Å². The van der Waals surface area contributed by atoms with Gasteiger partial charge in [0.2, 0.25) is 12.1 Å². The molecule has 1 aromatic carbocycles. The van der Waals surface area contributed by atoms with Gasteiger partial charge < -0.3 is 14.2 Å². The van der Waals surface area contributed by atoms with E-state index in [2.05, 4.69) is 0 Å². The predicted octanol–water partition coefficient (Wildman–Crippen LogP) is 2.28. The molecule has 0 fully saturated rings. The molecule has 0 unspecified atom stereocenters. The van der Waals surface area contributed by atoms with Crippen molar-refractivity contribution in [1.29, 1.82) is 0 Å². The molecule has 0 heterocycles. The summed E-state index contributed by atoms with van der Waals surface area (Å²) in [5, 5.41) is 0. The van der Waals surface area contributed by atoms with Crippen LogP contribution in [0.1, 0.15) is 24.2 Å². The van der Waals surface area contributed by atoms with Gasteiger partial charge in [0, 0.05) is 18.8 Å². The maximum Gasteiger partial charge on any atom is 0.222 e. The quantitative estimate of drug-likeness (QED) is 0.540. The Morgan fingerprint density at radius 1 is 1.12 bits per heavy atom. The molecule has 0 aliphatic rings. The second-order valence-electron chi connectivity index (χ2n) is 3.34. The number of hydrogen-bond acceptors (Lipinski definition) is 4. The minimum Gasteiger partial charge on any atom is -0.497 e. The number of rotatable bonds is 7. The summed E-state index contributed by atoms with van der Waals surface area (Å²) in [6.07, 6.45) is -0.821. The molecule has 0 radical (unpaired) electrons. The first-order valence-corrected chi connectivity index (χ1v) is 5.64. The van der Waals surface area contributed by atoms with E-state index >= 15 is 0 Å². The van der Waals surface area contributed by atoms with Gasteiger partial charge >= 0.3 is 0 Å². The van der Waals surface area contributed by atoms with Crippen molar-refractivity contribution in [2.45, 2.75) is 20.1 Å². The van der Waals surface area contributed by atoms with E-state index in [-0.39, 0.29) is 5.78 Å². The van der Waals surface area contributed by atoms with Gasteiger partial charge in [-0.05, 0) is 38.1 Å². The Hall–Kier alpha value is -1.39. The Bertz CT molecular complexity index is 339. The fourth-order valence-corrected chi connectivity index (χ4v) is 1.39. The van der Waals surface area contributed by atoms with E-state index in [1.807, 2.05) is 13.8 Å². The van der Waals surface area contributed by atoms with Crippen LogP contribution in [0.3, 0.4) is 0 Å². The lowest BCUT2D eigenvalue weighted by molar-refractivity contribution is -0.107. The molecular formula is C13H18O4. The Kier molecular flexibility index (Phi) is 5.66. The lowest BCUT2D eigenvalue weighted by Gasteiger charge is -2.15. The summed E-state index contributed by atoms with van der Waals surface area (Å²) < 4.78 is 15.5. The molecule has 0 amide bonds. The topological polar surface area (TPSA) is 44.8 Å². The molecule has 0 N–H and O–H groups in total. The summed E-state index contributed by atoms with van der Waals surface area (Å²) in [5.41, 5.74) is 0.553. The van der Waals surface area contributed by atoms with Crippen LogP contribution in [-0.4, -0.2) is 32.4 Å². The van der Waals surface area contributed by atoms with Crippen molar-refractivity contribution in [3.05, 3.63) is 29.8 Å². The van der Waals surface area contributed by atoms with Crippen LogP contribution in [0.4, 0.5) is 0 Å². The monoisotopic (exact) mass is 238 g/mol. The van der Waals surface area contributed by atoms with Crippen molar-refractivity contribution < 1.29 is 19.0 Å². The first-order valence-electron chi connectivity index (χ1n) is 5.64. The average Bonchev–Trinajstić information content (AvgIpc) is 2.38. The molecule has 0 aliphatic heterocycles. The van der Waals surface area contributed by atoms with Crippen LogP contribution in [0.25, 0.3) is 0 Å². The van der Waals surface area contributed by atoms with Crippen LogP contribution >= 0.6 is 0 Å². The number of methoxy groups -OCH3 is 1. The van der Waals surface area contributed by atoms with E-state index in [1.54, 1.807) is 31.4 Å². The summed E-state index contributed by atoms with van der Waals surface area (Å²) in [4.78, 5) is 12.0. The molecule has 1 aromatic rings. The van der Waals surface area contributed by atoms with Gasteiger partial charge in [-0.15, -0.1) is 0 Å². The van der Waals surface area contributed by atoms with E-state index in [4.69, 9.17) is 14.2 Å². The number of Topliss-reactive ketones (excluding diaryl/α,β-unsaturated/α-hetero) is 1. The van der Waals surface area contributed by atoms with Crippen LogP contribution in [0.5, 0.6) is 5.75 Å². The Balaban J connectivity index is 2.77. The fourth-order valence-electron chi connectivity index (χ4n) is 1.39. The highest BCUT2D eigenvalue weighted by Gasteiger charge is 2.20. The standard InChI is InChI=1S/C13H18O4/c1-4-16-13(17-5-2)12(14)10-6-8-11(15-3)9-7-10/h6-9,13H,4-5H2,1-3H3. The van der Waals surface area contributed by atoms with E-state index in [0.717, 1.165) is 0 Å². The second kappa shape index (κ2) is 7.04. The van der Waals surface area contributed by atoms with Crippen LogP contribution < -0.4 is 4.74 Å². The van der Waals surface area contributed by atoms with Crippen molar-refractivity contribution >= 4 is 5.78 Å². The van der Waals surface area contributed by atoms with Crippen molar-refractivity contribution in [2.75, 3.05) is 20.3 Å². The lowest BCUT2D eigenvalue weighted by atomic mass is 10.1. The Morgan fingerprint density at radius 2 is 1.65 bits per heavy atom. The molecule has 0 spiro atoms. The molecule has 94 valence electrons. The normalized spacial score (nSPS) is 10.6. The predicted molar refractivity (Wildman–Crippen MR) is 64.4 cm³/mol. The van der Waals surface area contributed by atoms with Crippen LogP contribution in [0, 0.1) is 0 Å². The molecule has 0 saturated carbocycles. The van der Waals surface area contributed by atoms with Crippen LogP contribution in [0.2, 0.25) is 0 Å². The maximum atomic E-state index is 12.0. The zero-order valence-corrected chi connectivity index (χ0v) is 10.4.